The van der Waals surface area contributed by atoms with Crippen molar-refractivity contribution in [1.29, 1.82) is 0 Å². The molecule has 0 bridgehead atoms. The van der Waals surface area contributed by atoms with Crippen molar-refractivity contribution in [3.63, 3.8) is 0 Å². The molecule has 1 fully saturated rings. The van der Waals surface area contributed by atoms with E-state index >= 15 is 0 Å². The van der Waals surface area contributed by atoms with Crippen molar-refractivity contribution >= 4 is 15.9 Å². The number of amides is 1. The molecule has 3 rings (SSSR count). The predicted octanol–water partition coefficient (Wildman–Crippen LogP) is 3.28. The van der Waals surface area contributed by atoms with Crippen LogP contribution in [0.3, 0.4) is 0 Å². The molecule has 1 aliphatic rings. The van der Waals surface area contributed by atoms with Gasteiger partial charge in [-0.3, -0.25) is 4.79 Å². The number of piperazine rings is 1. The Morgan fingerprint density at radius 2 is 1.58 bits per heavy atom. The lowest BCUT2D eigenvalue weighted by atomic mass is 9.96. The van der Waals surface area contributed by atoms with Gasteiger partial charge in [-0.25, -0.2) is 8.42 Å². The Hall–Kier alpha value is -2.22. The van der Waals surface area contributed by atoms with E-state index in [4.69, 9.17) is 0 Å². The van der Waals surface area contributed by atoms with E-state index in [-0.39, 0.29) is 17.7 Å². The molecule has 0 spiro atoms. The van der Waals surface area contributed by atoms with Crippen LogP contribution in [0.15, 0.2) is 54.6 Å². The second kappa shape index (κ2) is 10.4. The maximum atomic E-state index is 12.8. The van der Waals surface area contributed by atoms with Crippen LogP contribution in [0.1, 0.15) is 47.8 Å². The molecule has 0 aliphatic carbocycles. The predicted molar refractivity (Wildman–Crippen MR) is 124 cm³/mol. The van der Waals surface area contributed by atoms with Gasteiger partial charge in [0.05, 0.1) is 11.8 Å². The third-order valence-electron chi connectivity index (χ3n) is 5.64. The third-order valence-corrected chi connectivity index (χ3v) is 7.49. The van der Waals surface area contributed by atoms with Gasteiger partial charge in [-0.2, -0.15) is 4.31 Å². The van der Waals surface area contributed by atoms with Gasteiger partial charge in [-0.1, -0.05) is 56.3 Å². The second-order valence-corrected chi connectivity index (χ2v) is 10.7. The molecule has 168 valence electrons. The molecule has 2 aromatic carbocycles. The first-order valence-corrected chi connectivity index (χ1v) is 12.5. The molecule has 2 aromatic rings. The molecule has 1 aliphatic heterocycles. The quantitative estimate of drug-likeness (QED) is 0.680. The minimum Gasteiger partial charge on any atom is -0.345 e. The van der Waals surface area contributed by atoms with Crippen LogP contribution in [-0.4, -0.2) is 56.8 Å². The fourth-order valence-corrected chi connectivity index (χ4v) is 5.31. The fraction of sp³-hybridized carbons (Fsp3) is 0.458. The lowest BCUT2D eigenvalue weighted by Gasteiger charge is -2.31. The Morgan fingerprint density at radius 1 is 0.968 bits per heavy atom. The van der Waals surface area contributed by atoms with Crippen molar-refractivity contribution < 1.29 is 13.2 Å². The van der Waals surface area contributed by atoms with Crippen molar-refractivity contribution in [2.24, 2.45) is 5.92 Å². The Morgan fingerprint density at radius 3 is 2.16 bits per heavy atom. The van der Waals surface area contributed by atoms with Crippen LogP contribution in [-0.2, 0) is 15.8 Å². The Balaban J connectivity index is 1.65. The standard InChI is InChI=1S/C24H33N3O3S/c1-19(2)17-23(21-7-5-4-6-8-21)25-24(28)22-11-9-20(10-12-22)18-31(29,30)27-15-13-26(3)14-16-27/h4-12,19,23H,13-18H2,1-3H3,(H,25,28). The highest BCUT2D eigenvalue weighted by Gasteiger charge is 2.26. The van der Waals surface area contributed by atoms with Crippen LogP contribution in [0.2, 0.25) is 0 Å². The zero-order valence-corrected chi connectivity index (χ0v) is 19.4. The molecule has 0 saturated carbocycles. The molecule has 0 aromatic heterocycles. The number of likely N-dealkylation sites (N-methyl/N-ethyl adjacent to an activating group) is 1. The number of carbonyl (C=O) groups excluding carboxylic acids is 1. The summed E-state index contributed by atoms with van der Waals surface area (Å²) >= 11 is 0. The van der Waals surface area contributed by atoms with Gasteiger partial charge < -0.3 is 10.2 Å². The van der Waals surface area contributed by atoms with Crippen molar-refractivity contribution in [2.45, 2.75) is 32.1 Å². The third kappa shape index (κ3) is 6.63. The van der Waals surface area contributed by atoms with Gasteiger partial charge in [0.1, 0.15) is 0 Å². The topological polar surface area (TPSA) is 69.7 Å². The lowest BCUT2D eigenvalue weighted by Crippen LogP contribution is -2.47. The zero-order chi connectivity index (χ0) is 22.4. The first kappa shape index (κ1) is 23.4. The number of sulfonamides is 1. The van der Waals surface area contributed by atoms with Crippen LogP contribution in [0.4, 0.5) is 0 Å². The van der Waals surface area contributed by atoms with Crippen molar-refractivity contribution in [1.82, 2.24) is 14.5 Å². The van der Waals surface area contributed by atoms with Crippen LogP contribution < -0.4 is 5.32 Å². The number of rotatable bonds is 8. The number of hydrogen-bond acceptors (Lipinski definition) is 4. The summed E-state index contributed by atoms with van der Waals surface area (Å²) in [5, 5.41) is 3.13. The molecule has 31 heavy (non-hydrogen) atoms. The Labute approximate surface area is 186 Å². The number of nitrogens with one attached hydrogen (secondary N) is 1. The molecule has 1 heterocycles. The first-order chi connectivity index (χ1) is 14.7. The SMILES string of the molecule is CC(C)CC(NC(=O)c1ccc(CS(=O)(=O)N2CCN(C)CC2)cc1)c1ccccc1. The molecule has 0 radical (unpaired) electrons. The monoisotopic (exact) mass is 443 g/mol. The summed E-state index contributed by atoms with van der Waals surface area (Å²) in [7, 11) is -1.36. The van der Waals surface area contributed by atoms with E-state index in [2.05, 4.69) is 24.1 Å². The number of hydrogen-bond donors (Lipinski definition) is 1. The highest BCUT2D eigenvalue weighted by atomic mass is 32.2. The van der Waals surface area contributed by atoms with E-state index in [1.807, 2.05) is 37.4 Å². The molecule has 1 N–H and O–H groups in total. The minimum atomic E-state index is -3.36. The maximum Gasteiger partial charge on any atom is 0.251 e. The molecule has 1 saturated heterocycles. The van der Waals surface area contributed by atoms with E-state index in [9.17, 15) is 13.2 Å². The second-order valence-electron chi connectivity index (χ2n) is 8.72. The maximum absolute atomic E-state index is 12.8. The van der Waals surface area contributed by atoms with Crippen LogP contribution in [0, 0.1) is 5.92 Å². The van der Waals surface area contributed by atoms with E-state index in [0.717, 1.165) is 25.1 Å². The summed E-state index contributed by atoms with van der Waals surface area (Å²) in [5.74, 6) is 0.245. The zero-order valence-electron chi connectivity index (χ0n) is 18.6. The van der Waals surface area contributed by atoms with E-state index in [1.165, 1.54) is 0 Å². The highest BCUT2D eigenvalue weighted by Crippen LogP contribution is 2.22. The molecule has 6 nitrogen and oxygen atoms in total. The highest BCUT2D eigenvalue weighted by molar-refractivity contribution is 7.88. The lowest BCUT2D eigenvalue weighted by molar-refractivity contribution is 0.0932. The number of benzene rings is 2. The molecule has 1 unspecified atom stereocenters. The van der Waals surface area contributed by atoms with Crippen molar-refractivity contribution in [3.8, 4) is 0 Å². The number of nitrogens with zero attached hydrogens (tertiary/aromatic N) is 2. The van der Waals surface area contributed by atoms with Gasteiger partial charge in [0.2, 0.25) is 10.0 Å². The summed E-state index contributed by atoms with van der Waals surface area (Å²) in [6, 6.07) is 16.8. The molecule has 7 heteroatoms. The van der Waals surface area contributed by atoms with Gasteiger partial charge in [0.15, 0.2) is 0 Å². The van der Waals surface area contributed by atoms with Gasteiger partial charge in [-0.05, 0) is 42.6 Å². The van der Waals surface area contributed by atoms with Gasteiger partial charge in [0, 0.05) is 31.7 Å². The van der Waals surface area contributed by atoms with Gasteiger partial charge in [0.25, 0.3) is 5.91 Å². The van der Waals surface area contributed by atoms with E-state index in [1.54, 1.807) is 28.6 Å². The van der Waals surface area contributed by atoms with Crippen LogP contribution >= 0.6 is 0 Å². The molecular weight excluding hydrogens is 410 g/mol. The van der Waals surface area contributed by atoms with E-state index in [0.29, 0.717) is 30.1 Å². The normalized spacial score (nSPS) is 16.9. The summed E-state index contributed by atoms with van der Waals surface area (Å²) in [4.78, 5) is 15.0. The average Bonchev–Trinajstić information content (AvgIpc) is 2.74. The minimum absolute atomic E-state index is 0.0431. The van der Waals surface area contributed by atoms with Gasteiger partial charge in [-0.15, -0.1) is 0 Å². The molecule has 1 atom stereocenters. The van der Waals surface area contributed by atoms with Crippen molar-refractivity contribution in [2.75, 3.05) is 33.2 Å². The fourth-order valence-electron chi connectivity index (χ4n) is 3.80. The van der Waals surface area contributed by atoms with Crippen LogP contribution in [0.5, 0.6) is 0 Å². The summed E-state index contributed by atoms with van der Waals surface area (Å²) in [6.45, 7) is 6.82. The smallest absolute Gasteiger partial charge is 0.251 e. The number of carbonyl (C=O) groups is 1. The molecule has 1 amide bonds. The van der Waals surface area contributed by atoms with E-state index < -0.39 is 10.0 Å². The molecular formula is C24H33N3O3S. The average molecular weight is 444 g/mol. The van der Waals surface area contributed by atoms with Crippen LogP contribution in [0.25, 0.3) is 0 Å². The van der Waals surface area contributed by atoms with Gasteiger partial charge >= 0.3 is 0 Å². The summed E-state index contributed by atoms with van der Waals surface area (Å²) in [6.07, 6.45) is 0.844. The summed E-state index contributed by atoms with van der Waals surface area (Å²) in [5.41, 5.74) is 2.31. The Bertz CT molecular complexity index is 951. The summed E-state index contributed by atoms with van der Waals surface area (Å²) < 4.78 is 27.0. The van der Waals surface area contributed by atoms with Crippen molar-refractivity contribution in [3.05, 3.63) is 71.3 Å². The largest absolute Gasteiger partial charge is 0.345 e. The first-order valence-electron chi connectivity index (χ1n) is 10.9. The Kier molecular flexibility index (Phi) is 7.86.